The number of aliphatic hydroxyl groups excluding tert-OH is 1. The Morgan fingerprint density at radius 1 is 1.78 bits per heavy atom. The monoisotopic (exact) mass is 128 g/mol. The SMILES string of the molecule is C=C(C(C)=O)[C@@H](C)CO. The van der Waals surface area contributed by atoms with Crippen molar-refractivity contribution in [2.75, 3.05) is 6.61 Å². The van der Waals surface area contributed by atoms with Crippen LogP contribution in [-0.4, -0.2) is 17.5 Å². The third kappa shape index (κ3) is 2.42. The van der Waals surface area contributed by atoms with E-state index in [1.54, 1.807) is 6.92 Å². The van der Waals surface area contributed by atoms with Crippen LogP contribution in [0, 0.1) is 5.92 Å². The lowest BCUT2D eigenvalue weighted by atomic mass is 10.0. The predicted octanol–water partition coefficient (Wildman–Crippen LogP) is 0.760. The van der Waals surface area contributed by atoms with Gasteiger partial charge in [0.15, 0.2) is 5.78 Å². The lowest BCUT2D eigenvalue weighted by Gasteiger charge is -2.06. The maximum absolute atomic E-state index is 10.5. The van der Waals surface area contributed by atoms with Crippen molar-refractivity contribution in [1.29, 1.82) is 0 Å². The summed E-state index contributed by atoms with van der Waals surface area (Å²) in [4.78, 5) is 10.5. The Labute approximate surface area is 55.2 Å². The summed E-state index contributed by atoms with van der Waals surface area (Å²) in [6.07, 6.45) is 0. The molecule has 0 bridgehead atoms. The molecule has 2 heteroatoms. The standard InChI is InChI=1S/C7H12O2/c1-5(4-8)6(2)7(3)9/h5,8H,2,4H2,1,3H3/t5-/m0/s1. The Morgan fingerprint density at radius 2 is 2.22 bits per heavy atom. The second-order valence-corrected chi connectivity index (χ2v) is 2.17. The number of carbonyl (C=O) groups excluding carboxylic acids is 1. The first-order valence-electron chi connectivity index (χ1n) is 2.90. The van der Waals surface area contributed by atoms with Crippen molar-refractivity contribution in [3.8, 4) is 0 Å². The van der Waals surface area contributed by atoms with Crippen LogP contribution in [0.1, 0.15) is 13.8 Å². The molecule has 0 amide bonds. The molecule has 0 saturated heterocycles. The van der Waals surface area contributed by atoms with Crippen LogP contribution in [0.2, 0.25) is 0 Å². The van der Waals surface area contributed by atoms with E-state index in [0.29, 0.717) is 5.57 Å². The lowest BCUT2D eigenvalue weighted by Crippen LogP contribution is -2.09. The van der Waals surface area contributed by atoms with Crippen LogP contribution >= 0.6 is 0 Å². The zero-order valence-electron chi connectivity index (χ0n) is 5.85. The van der Waals surface area contributed by atoms with Gasteiger partial charge in [0.05, 0.1) is 0 Å². The second kappa shape index (κ2) is 3.41. The fraction of sp³-hybridized carbons (Fsp3) is 0.571. The summed E-state index contributed by atoms with van der Waals surface area (Å²) in [6, 6.07) is 0. The van der Waals surface area contributed by atoms with Gasteiger partial charge in [-0.05, 0) is 12.5 Å². The van der Waals surface area contributed by atoms with Crippen LogP contribution in [0.3, 0.4) is 0 Å². The first-order chi connectivity index (χ1) is 4.09. The molecular formula is C7H12O2. The highest BCUT2D eigenvalue weighted by Gasteiger charge is 2.07. The molecule has 1 atom stereocenters. The number of Topliss-reactive ketones (excluding diaryl/α,β-unsaturated/α-hetero) is 1. The Morgan fingerprint density at radius 3 is 2.33 bits per heavy atom. The highest BCUT2D eigenvalue weighted by molar-refractivity contribution is 5.92. The van der Waals surface area contributed by atoms with Crippen LogP contribution in [-0.2, 0) is 4.79 Å². The molecule has 0 rings (SSSR count). The zero-order chi connectivity index (χ0) is 7.44. The smallest absolute Gasteiger partial charge is 0.155 e. The molecule has 0 fully saturated rings. The molecule has 0 aromatic heterocycles. The highest BCUT2D eigenvalue weighted by Crippen LogP contribution is 2.06. The van der Waals surface area contributed by atoms with E-state index < -0.39 is 0 Å². The average molecular weight is 128 g/mol. The summed E-state index contributed by atoms with van der Waals surface area (Å²) >= 11 is 0. The van der Waals surface area contributed by atoms with Crippen molar-refractivity contribution in [3.63, 3.8) is 0 Å². The van der Waals surface area contributed by atoms with Crippen molar-refractivity contribution >= 4 is 5.78 Å². The van der Waals surface area contributed by atoms with E-state index in [1.807, 2.05) is 0 Å². The van der Waals surface area contributed by atoms with E-state index in [0.717, 1.165) is 0 Å². The van der Waals surface area contributed by atoms with E-state index in [1.165, 1.54) is 6.92 Å². The minimum absolute atomic E-state index is 0.00157. The van der Waals surface area contributed by atoms with E-state index in [9.17, 15) is 4.79 Å². The molecule has 0 unspecified atom stereocenters. The van der Waals surface area contributed by atoms with E-state index in [4.69, 9.17) is 5.11 Å². The summed E-state index contributed by atoms with van der Waals surface area (Å²) < 4.78 is 0. The minimum Gasteiger partial charge on any atom is -0.396 e. The number of hydrogen-bond donors (Lipinski definition) is 1. The second-order valence-electron chi connectivity index (χ2n) is 2.17. The molecule has 0 aromatic carbocycles. The minimum atomic E-state index is -0.0949. The number of aliphatic hydroxyl groups is 1. The van der Waals surface area contributed by atoms with Gasteiger partial charge in [0.2, 0.25) is 0 Å². The molecule has 0 aliphatic rings. The van der Waals surface area contributed by atoms with Crippen LogP contribution in [0.4, 0.5) is 0 Å². The van der Waals surface area contributed by atoms with Crippen molar-refractivity contribution in [2.45, 2.75) is 13.8 Å². The number of hydrogen-bond acceptors (Lipinski definition) is 2. The van der Waals surface area contributed by atoms with Gasteiger partial charge in [-0.1, -0.05) is 13.5 Å². The normalized spacial score (nSPS) is 12.8. The lowest BCUT2D eigenvalue weighted by molar-refractivity contribution is -0.114. The molecule has 0 heterocycles. The molecule has 0 spiro atoms. The van der Waals surface area contributed by atoms with Gasteiger partial charge in [0, 0.05) is 12.5 Å². The Kier molecular flexibility index (Phi) is 3.17. The van der Waals surface area contributed by atoms with Gasteiger partial charge in [-0.15, -0.1) is 0 Å². The van der Waals surface area contributed by atoms with E-state index >= 15 is 0 Å². The predicted molar refractivity (Wildman–Crippen MR) is 36.1 cm³/mol. The Bertz CT molecular complexity index is 127. The Hall–Kier alpha value is -0.630. The van der Waals surface area contributed by atoms with Gasteiger partial charge < -0.3 is 5.11 Å². The first-order valence-corrected chi connectivity index (χ1v) is 2.90. The van der Waals surface area contributed by atoms with E-state index in [2.05, 4.69) is 6.58 Å². The largest absolute Gasteiger partial charge is 0.396 e. The van der Waals surface area contributed by atoms with Gasteiger partial charge in [0.25, 0.3) is 0 Å². The number of rotatable bonds is 3. The molecule has 0 aliphatic carbocycles. The number of carbonyl (C=O) groups is 1. The Balaban J connectivity index is 3.88. The van der Waals surface area contributed by atoms with Crippen molar-refractivity contribution in [2.24, 2.45) is 5.92 Å². The molecule has 0 radical (unpaired) electrons. The number of ketones is 1. The molecule has 9 heavy (non-hydrogen) atoms. The van der Waals surface area contributed by atoms with Crippen molar-refractivity contribution in [3.05, 3.63) is 12.2 Å². The van der Waals surface area contributed by atoms with Gasteiger partial charge in [-0.2, -0.15) is 0 Å². The third-order valence-corrected chi connectivity index (χ3v) is 1.32. The van der Waals surface area contributed by atoms with Crippen LogP contribution in [0.15, 0.2) is 12.2 Å². The van der Waals surface area contributed by atoms with Crippen LogP contribution < -0.4 is 0 Å². The summed E-state index contributed by atoms with van der Waals surface area (Å²) in [5.41, 5.74) is 0.498. The molecule has 0 aromatic rings. The average Bonchev–Trinajstić information content (AvgIpc) is 1.84. The molecule has 1 N–H and O–H groups in total. The maximum Gasteiger partial charge on any atom is 0.155 e. The van der Waals surface area contributed by atoms with Crippen LogP contribution in [0.5, 0.6) is 0 Å². The van der Waals surface area contributed by atoms with Gasteiger partial charge in [-0.3, -0.25) is 4.79 Å². The molecule has 2 nitrogen and oxygen atoms in total. The topological polar surface area (TPSA) is 37.3 Å². The van der Waals surface area contributed by atoms with Gasteiger partial charge in [-0.25, -0.2) is 0 Å². The highest BCUT2D eigenvalue weighted by atomic mass is 16.3. The molecule has 0 saturated carbocycles. The molecule has 52 valence electrons. The molecular weight excluding hydrogens is 116 g/mol. The summed E-state index contributed by atoms with van der Waals surface area (Å²) in [5.74, 6) is -0.140. The van der Waals surface area contributed by atoms with Crippen LogP contribution in [0.25, 0.3) is 0 Å². The summed E-state index contributed by atoms with van der Waals surface area (Å²) in [5, 5.41) is 8.54. The fourth-order valence-electron chi connectivity index (χ4n) is 0.457. The molecule has 0 aliphatic heterocycles. The maximum atomic E-state index is 10.5. The van der Waals surface area contributed by atoms with Crippen molar-refractivity contribution < 1.29 is 9.90 Å². The fourth-order valence-corrected chi connectivity index (χ4v) is 0.457. The van der Waals surface area contributed by atoms with E-state index in [-0.39, 0.29) is 18.3 Å². The van der Waals surface area contributed by atoms with Gasteiger partial charge in [0.1, 0.15) is 0 Å². The van der Waals surface area contributed by atoms with Crippen molar-refractivity contribution in [1.82, 2.24) is 0 Å². The van der Waals surface area contributed by atoms with Gasteiger partial charge >= 0.3 is 0 Å². The summed E-state index contributed by atoms with van der Waals surface area (Å²) in [6.45, 7) is 6.73. The third-order valence-electron chi connectivity index (χ3n) is 1.32. The zero-order valence-corrected chi connectivity index (χ0v) is 5.85. The first kappa shape index (κ1) is 8.37. The quantitative estimate of drug-likeness (QED) is 0.570. The summed E-state index contributed by atoms with van der Waals surface area (Å²) in [7, 11) is 0.